The number of carbonyl (C=O) groups excluding carboxylic acids is 1. The number of hydrogen-bond donors (Lipinski definition) is 1. The Labute approximate surface area is 154 Å². The van der Waals surface area contributed by atoms with E-state index in [4.69, 9.17) is 9.47 Å². The van der Waals surface area contributed by atoms with E-state index < -0.39 is 12.5 Å². The van der Waals surface area contributed by atoms with Crippen LogP contribution in [0, 0.1) is 11.3 Å². The van der Waals surface area contributed by atoms with E-state index >= 15 is 0 Å². The predicted octanol–water partition coefficient (Wildman–Crippen LogP) is 3.85. The molecule has 0 saturated carbocycles. The van der Waals surface area contributed by atoms with E-state index in [-0.39, 0.29) is 22.6 Å². The van der Waals surface area contributed by atoms with Crippen LogP contribution in [-0.4, -0.2) is 26.7 Å². The highest BCUT2D eigenvalue weighted by Crippen LogP contribution is 2.34. The number of para-hydroxylation sites is 1. The number of hydrogen-bond acceptors (Lipinski definition) is 5. The number of amides is 1. The maximum Gasteiger partial charge on any atom is 0.387 e. The number of nitrogens with one attached hydrogen (secondary N) is 1. The summed E-state index contributed by atoms with van der Waals surface area (Å²) in [7, 11) is 2.77. The Hall–Kier alpha value is -3.60. The lowest BCUT2D eigenvalue weighted by atomic mass is 10.1. The first-order chi connectivity index (χ1) is 13.0. The summed E-state index contributed by atoms with van der Waals surface area (Å²) >= 11 is 0. The van der Waals surface area contributed by atoms with Crippen LogP contribution in [0.1, 0.15) is 5.56 Å². The van der Waals surface area contributed by atoms with Crippen molar-refractivity contribution in [2.24, 2.45) is 0 Å². The molecule has 0 saturated heterocycles. The fourth-order valence-corrected chi connectivity index (χ4v) is 2.23. The van der Waals surface area contributed by atoms with E-state index in [1.807, 2.05) is 0 Å². The molecule has 8 heteroatoms. The van der Waals surface area contributed by atoms with Gasteiger partial charge in [0.1, 0.15) is 17.4 Å². The van der Waals surface area contributed by atoms with Gasteiger partial charge >= 0.3 is 6.61 Å². The minimum atomic E-state index is -3.09. The van der Waals surface area contributed by atoms with Gasteiger partial charge in [-0.15, -0.1) is 0 Å². The van der Waals surface area contributed by atoms with Crippen molar-refractivity contribution in [2.75, 3.05) is 19.5 Å². The quantitative estimate of drug-likeness (QED) is 0.588. The number of nitrogens with zero attached hydrogens (tertiary/aromatic N) is 1. The first-order valence-corrected chi connectivity index (χ1v) is 7.67. The van der Waals surface area contributed by atoms with E-state index in [1.165, 1.54) is 32.4 Å². The molecule has 27 heavy (non-hydrogen) atoms. The van der Waals surface area contributed by atoms with Crippen molar-refractivity contribution in [3.05, 3.63) is 53.6 Å². The third-order valence-corrected chi connectivity index (χ3v) is 3.43. The molecular weight excluding hydrogens is 358 g/mol. The number of alkyl halides is 2. The van der Waals surface area contributed by atoms with Crippen LogP contribution >= 0.6 is 0 Å². The normalized spacial score (nSPS) is 10.9. The lowest BCUT2D eigenvalue weighted by molar-refractivity contribution is -0.112. The first kappa shape index (κ1) is 19.7. The predicted molar refractivity (Wildman–Crippen MR) is 94.8 cm³/mol. The first-order valence-electron chi connectivity index (χ1n) is 7.67. The highest BCUT2D eigenvalue weighted by atomic mass is 19.3. The molecular formula is C19H16F2N2O4. The molecule has 0 fully saturated rings. The van der Waals surface area contributed by atoms with E-state index in [0.29, 0.717) is 11.4 Å². The highest BCUT2D eigenvalue weighted by Gasteiger charge is 2.17. The summed E-state index contributed by atoms with van der Waals surface area (Å²) in [5.41, 5.74) is 0.215. The molecule has 0 unspecified atom stereocenters. The topological polar surface area (TPSA) is 80.6 Å². The Balaban J connectivity index is 2.35. The van der Waals surface area contributed by atoms with Gasteiger partial charge in [0.15, 0.2) is 11.5 Å². The number of methoxy groups -OCH3 is 2. The molecule has 1 N–H and O–H groups in total. The van der Waals surface area contributed by atoms with Crippen molar-refractivity contribution in [3.8, 4) is 23.3 Å². The zero-order valence-corrected chi connectivity index (χ0v) is 14.5. The molecule has 0 aromatic heterocycles. The lowest BCUT2D eigenvalue weighted by Crippen LogP contribution is -2.13. The van der Waals surface area contributed by atoms with Gasteiger partial charge in [-0.3, -0.25) is 4.79 Å². The van der Waals surface area contributed by atoms with Gasteiger partial charge in [-0.2, -0.15) is 14.0 Å². The van der Waals surface area contributed by atoms with Gasteiger partial charge in [0.25, 0.3) is 5.91 Å². The van der Waals surface area contributed by atoms with Crippen LogP contribution < -0.4 is 19.5 Å². The summed E-state index contributed by atoms with van der Waals surface area (Å²) in [6.07, 6.45) is 1.15. The standard InChI is InChI=1S/C19H16F2N2O4/c1-25-15-7-4-6-14(10-15)23-18(24)13(11-22)9-12-5-3-8-16(26-2)17(12)27-19(20)21/h3-10,19H,1-2H3,(H,23,24)/b13-9+. The Kier molecular flexibility index (Phi) is 6.72. The SMILES string of the molecule is COc1cccc(NC(=O)/C(C#N)=C/c2cccc(OC)c2OC(F)F)c1. The molecule has 2 aromatic rings. The fourth-order valence-electron chi connectivity index (χ4n) is 2.23. The molecule has 140 valence electrons. The monoisotopic (exact) mass is 374 g/mol. The van der Waals surface area contributed by atoms with Crippen molar-refractivity contribution in [3.63, 3.8) is 0 Å². The van der Waals surface area contributed by atoms with Crippen LogP contribution in [0.15, 0.2) is 48.0 Å². The Morgan fingerprint density at radius 2 is 1.93 bits per heavy atom. The van der Waals surface area contributed by atoms with E-state index in [9.17, 15) is 18.8 Å². The average molecular weight is 374 g/mol. The third kappa shape index (κ3) is 5.19. The van der Waals surface area contributed by atoms with Gasteiger partial charge in [-0.05, 0) is 24.3 Å². The Morgan fingerprint density at radius 3 is 2.56 bits per heavy atom. The summed E-state index contributed by atoms with van der Waals surface area (Å²) in [5, 5.41) is 11.9. The van der Waals surface area contributed by atoms with Crippen LogP contribution in [-0.2, 0) is 4.79 Å². The molecule has 0 radical (unpaired) electrons. The van der Waals surface area contributed by atoms with E-state index in [0.717, 1.165) is 6.08 Å². The molecule has 6 nitrogen and oxygen atoms in total. The second-order valence-corrected chi connectivity index (χ2v) is 5.11. The summed E-state index contributed by atoms with van der Waals surface area (Å²) in [6.45, 7) is -3.09. The van der Waals surface area contributed by atoms with Crippen LogP contribution in [0.3, 0.4) is 0 Å². The molecule has 0 aliphatic carbocycles. The number of halogens is 2. The lowest BCUT2D eigenvalue weighted by Gasteiger charge is -2.12. The molecule has 0 bridgehead atoms. The number of carbonyl (C=O) groups is 1. The second kappa shape index (κ2) is 9.20. The van der Waals surface area contributed by atoms with Gasteiger partial charge in [-0.25, -0.2) is 0 Å². The minimum Gasteiger partial charge on any atom is -0.497 e. The maximum atomic E-state index is 12.7. The molecule has 0 aliphatic heterocycles. The number of benzene rings is 2. The van der Waals surface area contributed by atoms with Crippen LogP contribution in [0.25, 0.3) is 6.08 Å². The highest BCUT2D eigenvalue weighted by molar-refractivity contribution is 6.10. The van der Waals surface area contributed by atoms with Crippen molar-refractivity contribution < 1.29 is 27.8 Å². The zero-order chi connectivity index (χ0) is 19.8. The molecule has 1 amide bonds. The van der Waals surface area contributed by atoms with Gasteiger partial charge in [0.05, 0.1) is 14.2 Å². The number of rotatable bonds is 7. The summed E-state index contributed by atoms with van der Waals surface area (Å²) < 4.78 is 39.9. The van der Waals surface area contributed by atoms with Gasteiger partial charge in [0.2, 0.25) is 0 Å². The molecule has 0 heterocycles. The molecule has 0 atom stereocenters. The van der Waals surface area contributed by atoms with Gasteiger partial charge in [-0.1, -0.05) is 18.2 Å². The molecule has 0 aliphatic rings. The Bertz CT molecular complexity index is 892. The van der Waals surface area contributed by atoms with E-state index in [2.05, 4.69) is 10.1 Å². The minimum absolute atomic E-state index is 0.0505. The van der Waals surface area contributed by atoms with E-state index in [1.54, 1.807) is 30.3 Å². The van der Waals surface area contributed by atoms with Crippen molar-refractivity contribution in [1.82, 2.24) is 0 Å². The van der Waals surface area contributed by atoms with Crippen LogP contribution in [0.4, 0.5) is 14.5 Å². The van der Waals surface area contributed by atoms with Crippen molar-refractivity contribution in [2.45, 2.75) is 6.61 Å². The summed E-state index contributed by atoms with van der Waals surface area (Å²) in [4.78, 5) is 12.4. The Morgan fingerprint density at radius 1 is 1.19 bits per heavy atom. The largest absolute Gasteiger partial charge is 0.497 e. The van der Waals surface area contributed by atoms with Crippen molar-refractivity contribution >= 4 is 17.7 Å². The molecule has 0 spiro atoms. The fraction of sp³-hybridized carbons (Fsp3) is 0.158. The smallest absolute Gasteiger partial charge is 0.387 e. The van der Waals surface area contributed by atoms with Crippen LogP contribution in [0.5, 0.6) is 17.2 Å². The number of nitriles is 1. The zero-order valence-electron chi connectivity index (χ0n) is 14.5. The van der Waals surface area contributed by atoms with Crippen molar-refractivity contribution in [1.29, 1.82) is 5.26 Å². The molecule has 2 aromatic carbocycles. The van der Waals surface area contributed by atoms with Gasteiger partial charge in [0, 0.05) is 17.3 Å². The second-order valence-electron chi connectivity index (χ2n) is 5.11. The van der Waals surface area contributed by atoms with Crippen LogP contribution in [0.2, 0.25) is 0 Å². The molecule has 2 rings (SSSR count). The average Bonchev–Trinajstić information content (AvgIpc) is 2.66. The summed E-state index contributed by atoms with van der Waals surface area (Å²) in [5.74, 6) is -0.404. The summed E-state index contributed by atoms with van der Waals surface area (Å²) in [6, 6.07) is 12.7. The number of anilines is 1. The number of ether oxygens (including phenoxy) is 3. The third-order valence-electron chi connectivity index (χ3n) is 3.43. The maximum absolute atomic E-state index is 12.7. The van der Waals surface area contributed by atoms with Gasteiger partial charge < -0.3 is 19.5 Å².